The van der Waals surface area contributed by atoms with Crippen LogP contribution in [-0.4, -0.2) is 31.4 Å². The van der Waals surface area contributed by atoms with E-state index in [1.807, 2.05) is 42.5 Å². The topological polar surface area (TPSA) is 58.5 Å². The highest BCUT2D eigenvalue weighted by Crippen LogP contribution is 2.38. The van der Waals surface area contributed by atoms with Crippen molar-refractivity contribution in [3.8, 4) is 22.9 Å². The van der Waals surface area contributed by atoms with E-state index in [4.69, 9.17) is 4.84 Å². The van der Waals surface area contributed by atoms with Gasteiger partial charge in [0.2, 0.25) is 0 Å². The normalized spacial score (nSPS) is 18.9. The smallest absolute Gasteiger partial charge is 0.257 e. The van der Waals surface area contributed by atoms with Gasteiger partial charge in [-0.25, -0.2) is 0 Å². The number of piperidine rings is 1. The van der Waals surface area contributed by atoms with Crippen molar-refractivity contribution in [2.75, 3.05) is 0 Å². The molecule has 0 amide bonds. The number of nitrogens with zero attached hydrogens (tertiary/aromatic N) is 3. The lowest BCUT2D eigenvalue weighted by atomic mass is 9.82. The van der Waals surface area contributed by atoms with Crippen LogP contribution in [0.1, 0.15) is 47.0 Å². The zero-order valence-corrected chi connectivity index (χ0v) is 16.9. The third-order valence-corrected chi connectivity index (χ3v) is 5.64. The molecule has 146 valence electrons. The van der Waals surface area contributed by atoms with Crippen molar-refractivity contribution in [2.45, 2.75) is 58.0 Å². The summed E-state index contributed by atoms with van der Waals surface area (Å²) in [7, 11) is 0. The van der Waals surface area contributed by atoms with E-state index in [9.17, 15) is 5.11 Å². The molecule has 5 nitrogen and oxygen atoms in total. The van der Waals surface area contributed by atoms with E-state index in [1.165, 1.54) is 6.42 Å². The highest BCUT2D eigenvalue weighted by Gasteiger charge is 2.43. The van der Waals surface area contributed by atoms with Crippen molar-refractivity contribution >= 4 is 10.8 Å². The minimum atomic E-state index is -0.0633. The molecular formula is C23H27N3O2. The zero-order chi connectivity index (χ0) is 19.9. The molecule has 1 aromatic heterocycles. The predicted molar refractivity (Wildman–Crippen MR) is 111 cm³/mol. The van der Waals surface area contributed by atoms with Gasteiger partial charge in [0.15, 0.2) is 0 Å². The van der Waals surface area contributed by atoms with Gasteiger partial charge in [0.05, 0.1) is 16.8 Å². The van der Waals surface area contributed by atoms with E-state index in [-0.39, 0.29) is 16.8 Å². The number of aromatic nitrogens is 2. The Labute approximate surface area is 165 Å². The quantitative estimate of drug-likeness (QED) is 0.668. The number of hydroxylamine groups is 2. The second kappa shape index (κ2) is 6.74. The Hall–Kier alpha value is -2.66. The SMILES string of the molecule is CC1(C)CCCC(C)(C)N1Oc1ccc(-c2cc(O)c3ccccc3c2)nn1. The summed E-state index contributed by atoms with van der Waals surface area (Å²) in [5, 5.41) is 22.8. The summed E-state index contributed by atoms with van der Waals surface area (Å²) < 4.78 is 0. The van der Waals surface area contributed by atoms with Gasteiger partial charge in [0.25, 0.3) is 5.88 Å². The van der Waals surface area contributed by atoms with Crippen LogP contribution in [0.4, 0.5) is 0 Å². The van der Waals surface area contributed by atoms with Gasteiger partial charge in [-0.15, -0.1) is 15.3 Å². The first kappa shape index (κ1) is 18.7. The van der Waals surface area contributed by atoms with E-state index in [2.05, 4.69) is 43.0 Å². The van der Waals surface area contributed by atoms with E-state index >= 15 is 0 Å². The lowest BCUT2D eigenvalue weighted by molar-refractivity contribution is -0.219. The van der Waals surface area contributed by atoms with Crippen LogP contribution < -0.4 is 4.84 Å². The van der Waals surface area contributed by atoms with Crippen LogP contribution in [0.25, 0.3) is 22.0 Å². The molecule has 1 fully saturated rings. The maximum atomic E-state index is 10.3. The second-order valence-electron chi connectivity index (χ2n) is 8.84. The highest BCUT2D eigenvalue weighted by atomic mass is 16.7. The van der Waals surface area contributed by atoms with Gasteiger partial charge < -0.3 is 9.94 Å². The van der Waals surface area contributed by atoms with Crippen molar-refractivity contribution < 1.29 is 9.94 Å². The van der Waals surface area contributed by atoms with Gasteiger partial charge in [0.1, 0.15) is 5.75 Å². The monoisotopic (exact) mass is 377 g/mol. The Morgan fingerprint density at radius 3 is 2.32 bits per heavy atom. The third kappa shape index (κ3) is 3.42. The van der Waals surface area contributed by atoms with Gasteiger partial charge in [-0.1, -0.05) is 24.3 Å². The zero-order valence-electron chi connectivity index (χ0n) is 16.9. The van der Waals surface area contributed by atoms with E-state index in [1.54, 1.807) is 6.07 Å². The average molecular weight is 377 g/mol. The molecule has 3 aromatic rings. The van der Waals surface area contributed by atoms with Crippen molar-refractivity contribution in [3.05, 3.63) is 48.5 Å². The molecule has 5 heteroatoms. The summed E-state index contributed by atoms with van der Waals surface area (Å²) in [6.07, 6.45) is 3.35. The molecule has 0 saturated carbocycles. The number of benzene rings is 2. The molecule has 1 aliphatic rings. The van der Waals surface area contributed by atoms with Crippen molar-refractivity contribution in [1.82, 2.24) is 15.3 Å². The molecule has 0 atom stereocenters. The number of fused-ring (bicyclic) bond motifs is 1. The van der Waals surface area contributed by atoms with E-state index < -0.39 is 0 Å². The molecule has 0 bridgehead atoms. The molecule has 1 aliphatic heterocycles. The summed E-state index contributed by atoms with van der Waals surface area (Å²) in [5.74, 6) is 0.726. The summed E-state index contributed by atoms with van der Waals surface area (Å²) in [6.45, 7) is 8.81. The molecule has 0 aliphatic carbocycles. The number of rotatable bonds is 3. The fourth-order valence-electron chi connectivity index (χ4n) is 4.28. The number of aromatic hydroxyl groups is 1. The average Bonchev–Trinajstić information content (AvgIpc) is 2.65. The van der Waals surface area contributed by atoms with Crippen LogP contribution in [-0.2, 0) is 0 Å². The Balaban J connectivity index is 1.61. The van der Waals surface area contributed by atoms with Crippen LogP contribution >= 0.6 is 0 Å². The molecular weight excluding hydrogens is 350 g/mol. The summed E-state index contributed by atoms with van der Waals surface area (Å²) in [6, 6.07) is 15.2. The fourth-order valence-corrected chi connectivity index (χ4v) is 4.28. The van der Waals surface area contributed by atoms with Crippen LogP contribution in [0.5, 0.6) is 11.6 Å². The highest BCUT2D eigenvalue weighted by molar-refractivity contribution is 5.92. The molecule has 1 N–H and O–H groups in total. The standard InChI is InChI=1S/C23H27N3O2/c1-22(2)12-7-13-23(3,4)26(22)28-21-11-10-19(24-25-21)17-14-16-8-5-6-9-18(16)20(27)15-17/h5-6,8-11,14-15,27H,7,12-13H2,1-4H3. The van der Waals surface area contributed by atoms with Crippen LogP contribution in [0.3, 0.4) is 0 Å². The van der Waals surface area contributed by atoms with Gasteiger partial charge >= 0.3 is 0 Å². The molecule has 28 heavy (non-hydrogen) atoms. The van der Waals surface area contributed by atoms with Crippen molar-refractivity contribution in [1.29, 1.82) is 0 Å². The molecule has 2 aromatic carbocycles. The minimum Gasteiger partial charge on any atom is -0.507 e. The van der Waals surface area contributed by atoms with Gasteiger partial charge in [0, 0.05) is 17.0 Å². The number of phenolic OH excluding ortho intramolecular Hbond substituents is 1. The Morgan fingerprint density at radius 2 is 1.64 bits per heavy atom. The molecule has 0 spiro atoms. The maximum Gasteiger partial charge on any atom is 0.257 e. The lowest BCUT2D eigenvalue weighted by Gasteiger charge is -2.50. The maximum absolute atomic E-state index is 10.3. The largest absolute Gasteiger partial charge is 0.507 e. The van der Waals surface area contributed by atoms with Gasteiger partial charge in [-0.2, -0.15) is 0 Å². The number of hydrogen-bond donors (Lipinski definition) is 1. The van der Waals surface area contributed by atoms with Gasteiger partial charge in [-0.05, 0) is 70.5 Å². The van der Waals surface area contributed by atoms with Crippen molar-refractivity contribution in [2.24, 2.45) is 0 Å². The minimum absolute atomic E-state index is 0.0633. The molecule has 0 unspecified atom stereocenters. The fraction of sp³-hybridized carbons (Fsp3) is 0.391. The van der Waals surface area contributed by atoms with Crippen molar-refractivity contribution in [3.63, 3.8) is 0 Å². The lowest BCUT2D eigenvalue weighted by Crippen LogP contribution is -2.60. The summed E-state index contributed by atoms with van der Waals surface area (Å²) in [4.78, 5) is 6.18. The predicted octanol–water partition coefficient (Wildman–Crippen LogP) is 5.34. The molecule has 4 rings (SSSR count). The summed E-state index contributed by atoms with van der Waals surface area (Å²) >= 11 is 0. The number of phenols is 1. The number of hydrogen-bond acceptors (Lipinski definition) is 5. The third-order valence-electron chi connectivity index (χ3n) is 5.64. The summed E-state index contributed by atoms with van der Waals surface area (Å²) in [5.41, 5.74) is 1.40. The Bertz CT molecular complexity index is 980. The van der Waals surface area contributed by atoms with Gasteiger partial charge in [-0.3, -0.25) is 0 Å². The second-order valence-corrected chi connectivity index (χ2v) is 8.84. The molecule has 2 heterocycles. The van der Waals surface area contributed by atoms with E-state index in [0.717, 1.165) is 29.2 Å². The van der Waals surface area contributed by atoms with Crippen LogP contribution in [0.2, 0.25) is 0 Å². The first-order valence-corrected chi connectivity index (χ1v) is 9.80. The Kier molecular flexibility index (Phi) is 4.50. The first-order valence-electron chi connectivity index (χ1n) is 9.80. The van der Waals surface area contributed by atoms with E-state index in [0.29, 0.717) is 11.6 Å². The Morgan fingerprint density at radius 1 is 0.929 bits per heavy atom. The molecule has 1 saturated heterocycles. The molecule has 0 radical (unpaired) electrons. The van der Waals surface area contributed by atoms with Crippen LogP contribution in [0, 0.1) is 0 Å². The first-order chi connectivity index (χ1) is 13.3. The van der Waals surface area contributed by atoms with Crippen LogP contribution in [0.15, 0.2) is 48.5 Å².